The van der Waals surface area contributed by atoms with Crippen LogP contribution < -0.4 is 4.74 Å². The van der Waals surface area contributed by atoms with Crippen molar-refractivity contribution in [2.75, 3.05) is 19.8 Å². The van der Waals surface area contributed by atoms with Crippen LogP contribution in [0.25, 0.3) is 11.5 Å². The maximum Gasteiger partial charge on any atom is 0.333 e. The van der Waals surface area contributed by atoms with Gasteiger partial charge in [-0.3, -0.25) is 0 Å². The van der Waals surface area contributed by atoms with Crippen LogP contribution in [0.15, 0.2) is 58.1 Å². The minimum Gasteiger partial charge on any atom is -0.487 e. The van der Waals surface area contributed by atoms with E-state index in [2.05, 4.69) is 15.4 Å². The van der Waals surface area contributed by atoms with Crippen LogP contribution in [0.3, 0.4) is 0 Å². The zero-order valence-corrected chi connectivity index (χ0v) is 19.7. The fraction of sp³-hybridized carbons (Fsp3) is 0.333. The third kappa shape index (κ3) is 7.29. The number of oxime groups is 1. The predicted octanol–water partition coefficient (Wildman–Crippen LogP) is 4.63. The van der Waals surface area contributed by atoms with E-state index in [0.717, 1.165) is 17.5 Å². The van der Waals surface area contributed by atoms with E-state index >= 15 is 0 Å². The smallest absolute Gasteiger partial charge is 0.333 e. The Balaban J connectivity index is 1.68. The molecule has 2 aromatic carbocycles. The molecule has 0 saturated carbocycles. The van der Waals surface area contributed by atoms with Crippen LogP contribution in [0, 0.1) is 0 Å². The highest BCUT2D eigenvalue weighted by atomic mass is 35.5. The molecule has 180 valence electrons. The number of rotatable bonds is 13. The lowest BCUT2D eigenvalue weighted by atomic mass is 10.1. The van der Waals surface area contributed by atoms with Crippen molar-refractivity contribution in [2.45, 2.75) is 32.8 Å². The molecule has 0 aliphatic heterocycles. The Morgan fingerprint density at radius 1 is 1.12 bits per heavy atom. The molecule has 10 heteroatoms. The van der Waals surface area contributed by atoms with Crippen molar-refractivity contribution in [3.8, 4) is 17.2 Å². The molecule has 1 unspecified atom stereocenters. The lowest BCUT2D eigenvalue weighted by molar-refractivity contribution is -0.149. The van der Waals surface area contributed by atoms with Gasteiger partial charge in [-0.2, -0.15) is 0 Å². The highest BCUT2D eigenvalue weighted by Crippen LogP contribution is 2.21. The fourth-order valence-corrected chi connectivity index (χ4v) is 3.02. The van der Waals surface area contributed by atoms with Gasteiger partial charge in [-0.05, 0) is 55.3 Å². The lowest BCUT2D eigenvalue weighted by Gasteiger charge is -2.13. The highest BCUT2D eigenvalue weighted by molar-refractivity contribution is 6.30. The molecule has 0 bridgehead atoms. The molecule has 0 fully saturated rings. The molecule has 1 heterocycles. The lowest BCUT2D eigenvalue weighted by Crippen LogP contribution is -2.26. The molecular formula is C24H26ClN3O6. The van der Waals surface area contributed by atoms with Crippen LogP contribution in [-0.2, 0) is 20.8 Å². The van der Waals surface area contributed by atoms with Gasteiger partial charge in [0.05, 0.1) is 0 Å². The second-order valence-electron chi connectivity index (χ2n) is 7.21. The van der Waals surface area contributed by atoms with E-state index in [1.54, 1.807) is 55.5 Å². The van der Waals surface area contributed by atoms with Gasteiger partial charge in [0.25, 0.3) is 5.89 Å². The van der Waals surface area contributed by atoms with E-state index in [4.69, 9.17) is 30.3 Å². The van der Waals surface area contributed by atoms with Gasteiger partial charge in [0, 0.05) is 23.6 Å². The molecule has 9 nitrogen and oxygen atoms in total. The average molecular weight is 488 g/mol. The van der Waals surface area contributed by atoms with Gasteiger partial charge in [0.1, 0.15) is 19.0 Å². The highest BCUT2D eigenvalue weighted by Gasteiger charge is 2.19. The molecule has 0 saturated heterocycles. The topological polar surface area (TPSA) is 116 Å². The molecule has 1 atom stereocenters. The van der Waals surface area contributed by atoms with Gasteiger partial charge < -0.3 is 23.8 Å². The first-order valence-electron chi connectivity index (χ1n) is 10.8. The largest absolute Gasteiger partial charge is 0.487 e. The summed E-state index contributed by atoms with van der Waals surface area (Å²) in [6.07, 6.45) is 0.160. The van der Waals surface area contributed by atoms with Crippen molar-refractivity contribution < 1.29 is 28.6 Å². The molecule has 0 aliphatic carbocycles. The Bertz CT molecular complexity index is 1080. The Labute approximate surface area is 202 Å². The number of aromatic nitrogens is 2. The molecule has 34 heavy (non-hydrogen) atoms. The molecule has 1 aromatic heterocycles. The summed E-state index contributed by atoms with van der Waals surface area (Å²) in [5, 5.41) is 22.1. The standard InChI is InChI=1S/C24H26ClN3O6/c1-3-13-33-28-20(23-27-26-22(34-23)17-7-9-18(25)10-8-17)15-32-19-11-5-16(6-12-19)14-21(24(29)30)31-4-2/h5-12,21H,3-4,13-15H2,1-2H3,(H,29,30). The number of benzene rings is 2. The number of hydrogen-bond donors (Lipinski definition) is 1. The molecule has 0 spiro atoms. The van der Waals surface area contributed by atoms with E-state index in [0.29, 0.717) is 35.6 Å². The number of nitrogens with zero attached hydrogens (tertiary/aromatic N) is 3. The predicted molar refractivity (Wildman–Crippen MR) is 126 cm³/mol. The zero-order valence-electron chi connectivity index (χ0n) is 18.9. The van der Waals surface area contributed by atoms with Gasteiger partial charge >= 0.3 is 5.97 Å². The molecule has 3 rings (SSSR count). The average Bonchev–Trinajstić information content (AvgIpc) is 3.32. The molecular weight excluding hydrogens is 462 g/mol. The normalized spacial score (nSPS) is 12.4. The monoisotopic (exact) mass is 487 g/mol. The summed E-state index contributed by atoms with van der Waals surface area (Å²) >= 11 is 5.94. The Kier molecular flexibility index (Phi) is 9.42. The first kappa shape index (κ1) is 25.2. The molecule has 0 aliphatic rings. The summed E-state index contributed by atoms with van der Waals surface area (Å²) in [5.41, 5.74) is 1.88. The summed E-state index contributed by atoms with van der Waals surface area (Å²) in [4.78, 5) is 16.6. The second-order valence-corrected chi connectivity index (χ2v) is 7.65. The Morgan fingerprint density at radius 3 is 2.50 bits per heavy atom. The molecule has 3 aromatic rings. The summed E-state index contributed by atoms with van der Waals surface area (Å²) in [7, 11) is 0. The van der Waals surface area contributed by atoms with Crippen molar-refractivity contribution in [1.29, 1.82) is 0 Å². The van der Waals surface area contributed by atoms with Gasteiger partial charge in [0.2, 0.25) is 5.89 Å². The Morgan fingerprint density at radius 2 is 1.85 bits per heavy atom. The van der Waals surface area contributed by atoms with E-state index in [-0.39, 0.29) is 18.9 Å². The van der Waals surface area contributed by atoms with Gasteiger partial charge in [-0.25, -0.2) is 4.79 Å². The van der Waals surface area contributed by atoms with E-state index in [9.17, 15) is 9.90 Å². The number of halogens is 1. The van der Waals surface area contributed by atoms with Gasteiger partial charge in [-0.1, -0.05) is 35.8 Å². The number of carbonyl (C=O) groups is 1. The van der Waals surface area contributed by atoms with Crippen molar-refractivity contribution in [1.82, 2.24) is 10.2 Å². The number of carboxylic acid groups (broad SMARTS) is 1. The van der Waals surface area contributed by atoms with Gasteiger partial charge in [0.15, 0.2) is 11.8 Å². The minimum atomic E-state index is -0.993. The zero-order chi connectivity index (χ0) is 24.3. The van der Waals surface area contributed by atoms with Crippen LogP contribution in [-0.4, -0.2) is 52.9 Å². The summed E-state index contributed by atoms with van der Waals surface area (Å²) in [6.45, 7) is 4.52. The van der Waals surface area contributed by atoms with Crippen LogP contribution in [0.5, 0.6) is 5.75 Å². The number of hydrogen-bond acceptors (Lipinski definition) is 8. The maximum absolute atomic E-state index is 11.3. The van der Waals surface area contributed by atoms with E-state index in [1.165, 1.54) is 0 Å². The minimum absolute atomic E-state index is 0.0298. The third-order valence-electron chi connectivity index (χ3n) is 4.60. The fourth-order valence-electron chi connectivity index (χ4n) is 2.90. The Hall–Kier alpha value is -3.43. The second kappa shape index (κ2) is 12.7. The first-order valence-corrected chi connectivity index (χ1v) is 11.2. The van der Waals surface area contributed by atoms with Gasteiger partial charge in [-0.15, -0.1) is 10.2 Å². The summed E-state index contributed by atoms with van der Waals surface area (Å²) in [5.74, 6) is 0.0699. The van der Waals surface area contributed by atoms with Crippen LogP contribution in [0.2, 0.25) is 5.02 Å². The molecule has 0 radical (unpaired) electrons. The number of ether oxygens (including phenoxy) is 2. The summed E-state index contributed by atoms with van der Waals surface area (Å²) in [6, 6.07) is 14.1. The van der Waals surface area contributed by atoms with Crippen LogP contribution >= 0.6 is 11.6 Å². The number of carboxylic acids is 1. The quantitative estimate of drug-likeness (QED) is 0.211. The van der Waals surface area contributed by atoms with Crippen molar-refractivity contribution in [2.24, 2.45) is 5.16 Å². The SMILES string of the molecule is CCCON=C(COc1ccc(CC(OCC)C(=O)O)cc1)c1nnc(-c2ccc(Cl)cc2)o1. The van der Waals surface area contributed by atoms with Crippen LogP contribution in [0.1, 0.15) is 31.7 Å². The van der Waals surface area contributed by atoms with Crippen LogP contribution in [0.4, 0.5) is 0 Å². The third-order valence-corrected chi connectivity index (χ3v) is 4.85. The first-order chi connectivity index (χ1) is 16.5. The van der Waals surface area contributed by atoms with Crippen molar-refractivity contribution in [3.05, 3.63) is 65.0 Å². The molecule has 0 amide bonds. The maximum atomic E-state index is 11.3. The van der Waals surface area contributed by atoms with Crippen molar-refractivity contribution in [3.63, 3.8) is 0 Å². The van der Waals surface area contributed by atoms with Crippen molar-refractivity contribution >= 4 is 23.3 Å². The summed E-state index contributed by atoms with van der Waals surface area (Å²) < 4.78 is 16.9. The van der Waals surface area contributed by atoms with E-state index < -0.39 is 12.1 Å². The molecule has 1 N–H and O–H groups in total. The van der Waals surface area contributed by atoms with E-state index in [1.807, 2.05) is 6.92 Å². The number of aliphatic carboxylic acids is 1.